The van der Waals surface area contributed by atoms with Crippen LogP contribution in [0.15, 0.2) is 0 Å². The molecule has 1 heterocycles. The molecule has 1 aliphatic heterocycles. The van der Waals surface area contributed by atoms with Crippen molar-refractivity contribution >= 4 is 16.9 Å². The Morgan fingerprint density at radius 3 is 3.10 bits per heavy atom. The highest BCUT2D eigenvalue weighted by Gasteiger charge is 2.15. The fourth-order valence-electron chi connectivity index (χ4n) is 0.922. The van der Waals surface area contributed by atoms with E-state index in [4.69, 9.17) is 15.9 Å². The molecule has 0 bridgehead atoms. The van der Waals surface area contributed by atoms with Gasteiger partial charge in [-0.2, -0.15) is 0 Å². The van der Waals surface area contributed by atoms with Crippen LogP contribution in [0.4, 0.5) is 0 Å². The quantitative estimate of drug-likeness (QED) is 0.460. The summed E-state index contributed by atoms with van der Waals surface area (Å²) in [5.41, 5.74) is 5.18. The van der Waals surface area contributed by atoms with Crippen molar-refractivity contribution in [3.05, 3.63) is 0 Å². The van der Waals surface area contributed by atoms with Gasteiger partial charge in [-0.15, -0.1) is 0 Å². The lowest BCUT2D eigenvalue weighted by Gasteiger charge is -2.03. The molecular weight excluding hydrogens is 148 g/mol. The van der Waals surface area contributed by atoms with Gasteiger partial charge >= 0.3 is 0 Å². The molecule has 0 spiro atoms. The van der Waals surface area contributed by atoms with Gasteiger partial charge in [0.1, 0.15) is 0 Å². The summed E-state index contributed by atoms with van der Waals surface area (Å²) in [5.74, 6) is 1.56. The van der Waals surface area contributed by atoms with Crippen molar-refractivity contribution in [2.24, 2.45) is 11.7 Å². The van der Waals surface area contributed by atoms with E-state index in [1.54, 1.807) is 0 Å². The van der Waals surface area contributed by atoms with E-state index < -0.39 is 0 Å². The van der Waals surface area contributed by atoms with Crippen LogP contribution in [0.5, 0.6) is 0 Å². The molecule has 1 saturated heterocycles. The zero-order valence-electron chi connectivity index (χ0n) is 5.80. The van der Waals surface area contributed by atoms with E-state index in [0.29, 0.717) is 5.92 Å². The molecule has 1 fully saturated rings. The number of thioether (sulfide) groups is 1. The Morgan fingerprint density at radius 2 is 2.60 bits per heavy atom. The van der Waals surface area contributed by atoms with Gasteiger partial charge in [-0.05, 0) is 12.3 Å². The van der Waals surface area contributed by atoms with Crippen molar-refractivity contribution in [1.29, 1.82) is 5.41 Å². The highest BCUT2D eigenvalue weighted by atomic mass is 32.2. The Labute approximate surface area is 64.8 Å². The van der Waals surface area contributed by atoms with Gasteiger partial charge in [0.05, 0.1) is 6.61 Å². The third kappa shape index (κ3) is 2.58. The summed E-state index contributed by atoms with van der Waals surface area (Å²) in [6.45, 7) is 1.73. The number of hydrogen-bond acceptors (Lipinski definition) is 3. The van der Waals surface area contributed by atoms with E-state index in [2.05, 4.69) is 0 Å². The third-order valence-corrected chi connectivity index (χ3v) is 2.45. The minimum absolute atomic E-state index is 0.215. The number of ether oxygens (including phenoxy) is 1. The summed E-state index contributed by atoms with van der Waals surface area (Å²) in [4.78, 5) is 0. The number of nitrogens with one attached hydrogen (secondary N) is 1. The zero-order chi connectivity index (χ0) is 7.40. The maximum atomic E-state index is 6.96. The SMILES string of the molecule is N=C(N)SCC1CCOC1. The van der Waals surface area contributed by atoms with E-state index in [0.717, 1.165) is 25.4 Å². The monoisotopic (exact) mass is 160 g/mol. The van der Waals surface area contributed by atoms with E-state index in [-0.39, 0.29) is 5.17 Å². The van der Waals surface area contributed by atoms with Crippen LogP contribution < -0.4 is 5.73 Å². The van der Waals surface area contributed by atoms with Gasteiger partial charge in [0.2, 0.25) is 0 Å². The van der Waals surface area contributed by atoms with E-state index in [9.17, 15) is 0 Å². The lowest BCUT2D eigenvalue weighted by molar-refractivity contribution is 0.189. The van der Waals surface area contributed by atoms with E-state index >= 15 is 0 Å². The molecule has 4 heteroatoms. The summed E-state index contributed by atoms with van der Waals surface area (Å²) in [6.07, 6.45) is 1.13. The summed E-state index contributed by atoms with van der Waals surface area (Å²) < 4.78 is 5.16. The normalized spacial score (nSPS) is 25.0. The Morgan fingerprint density at radius 1 is 1.80 bits per heavy atom. The van der Waals surface area contributed by atoms with Crippen LogP contribution in [0.1, 0.15) is 6.42 Å². The summed E-state index contributed by atoms with van der Waals surface area (Å²) in [7, 11) is 0. The minimum atomic E-state index is 0.215. The number of rotatable bonds is 2. The molecule has 1 aliphatic rings. The second-order valence-electron chi connectivity index (χ2n) is 2.40. The highest BCUT2D eigenvalue weighted by Crippen LogP contribution is 2.17. The summed E-state index contributed by atoms with van der Waals surface area (Å²) in [5, 5.41) is 7.17. The van der Waals surface area contributed by atoms with Crippen LogP contribution in [-0.4, -0.2) is 24.1 Å². The fourth-order valence-corrected chi connectivity index (χ4v) is 1.60. The van der Waals surface area contributed by atoms with Gasteiger partial charge in [0, 0.05) is 12.4 Å². The van der Waals surface area contributed by atoms with Crippen molar-refractivity contribution < 1.29 is 4.74 Å². The van der Waals surface area contributed by atoms with Crippen LogP contribution in [-0.2, 0) is 4.74 Å². The molecule has 0 saturated carbocycles. The first-order valence-corrected chi connectivity index (χ1v) is 4.32. The number of amidine groups is 1. The van der Waals surface area contributed by atoms with Gasteiger partial charge in [0.15, 0.2) is 5.17 Å². The molecule has 3 nitrogen and oxygen atoms in total. The first kappa shape index (κ1) is 7.88. The molecule has 0 aromatic carbocycles. The lowest BCUT2D eigenvalue weighted by Crippen LogP contribution is -2.10. The molecule has 58 valence electrons. The molecule has 0 radical (unpaired) electrons. The average Bonchev–Trinajstić information content (AvgIpc) is 2.34. The first-order chi connectivity index (χ1) is 4.79. The van der Waals surface area contributed by atoms with Crippen LogP contribution in [0.25, 0.3) is 0 Å². The maximum Gasteiger partial charge on any atom is 0.151 e. The Bertz CT molecular complexity index is 123. The van der Waals surface area contributed by atoms with Gasteiger partial charge < -0.3 is 10.5 Å². The van der Waals surface area contributed by atoms with E-state index in [1.807, 2.05) is 0 Å². The molecule has 0 aliphatic carbocycles. The molecule has 0 amide bonds. The molecule has 3 N–H and O–H groups in total. The van der Waals surface area contributed by atoms with Crippen LogP contribution in [0.2, 0.25) is 0 Å². The van der Waals surface area contributed by atoms with Crippen LogP contribution >= 0.6 is 11.8 Å². The standard InChI is InChI=1S/C6H12N2OS/c7-6(8)10-4-5-1-2-9-3-5/h5H,1-4H2,(H3,7,8). The molecule has 1 atom stereocenters. The van der Waals surface area contributed by atoms with Crippen molar-refractivity contribution in [2.75, 3.05) is 19.0 Å². The average molecular weight is 160 g/mol. The highest BCUT2D eigenvalue weighted by molar-refractivity contribution is 8.13. The smallest absolute Gasteiger partial charge is 0.151 e. The first-order valence-electron chi connectivity index (χ1n) is 3.33. The summed E-state index contributed by atoms with van der Waals surface area (Å²) >= 11 is 1.41. The van der Waals surface area contributed by atoms with Gasteiger partial charge in [-0.25, -0.2) is 0 Å². The fraction of sp³-hybridized carbons (Fsp3) is 0.833. The van der Waals surface area contributed by atoms with Crippen molar-refractivity contribution in [2.45, 2.75) is 6.42 Å². The lowest BCUT2D eigenvalue weighted by atomic mass is 10.2. The Kier molecular flexibility index (Phi) is 3.02. The molecule has 0 aromatic heterocycles. The largest absolute Gasteiger partial charge is 0.381 e. The number of hydrogen-bond donors (Lipinski definition) is 2. The second-order valence-corrected chi connectivity index (χ2v) is 3.47. The maximum absolute atomic E-state index is 6.96. The van der Waals surface area contributed by atoms with Crippen molar-refractivity contribution in [3.63, 3.8) is 0 Å². The van der Waals surface area contributed by atoms with Gasteiger partial charge in [0.25, 0.3) is 0 Å². The van der Waals surface area contributed by atoms with Gasteiger partial charge in [-0.3, -0.25) is 5.41 Å². The van der Waals surface area contributed by atoms with Crippen molar-refractivity contribution in [3.8, 4) is 0 Å². The molecular formula is C6H12N2OS. The predicted octanol–water partition coefficient (Wildman–Crippen LogP) is 0.650. The van der Waals surface area contributed by atoms with E-state index in [1.165, 1.54) is 11.8 Å². The third-order valence-electron chi connectivity index (χ3n) is 1.50. The number of nitrogens with two attached hydrogens (primary N) is 1. The molecule has 1 rings (SSSR count). The Hall–Kier alpha value is -0.220. The van der Waals surface area contributed by atoms with Crippen LogP contribution in [0.3, 0.4) is 0 Å². The van der Waals surface area contributed by atoms with Crippen LogP contribution in [0, 0.1) is 11.3 Å². The zero-order valence-corrected chi connectivity index (χ0v) is 6.62. The molecule has 10 heavy (non-hydrogen) atoms. The molecule has 1 unspecified atom stereocenters. The van der Waals surface area contributed by atoms with Gasteiger partial charge in [-0.1, -0.05) is 11.8 Å². The Balaban J connectivity index is 2.07. The second kappa shape index (κ2) is 3.83. The minimum Gasteiger partial charge on any atom is -0.381 e. The molecule has 0 aromatic rings. The topological polar surface area (TPSA) is 59.1 Å². The summed E-state index contributed by atoms with van der Waals surface area (Å²) in [6, 6.07) is 0. The predicted molar refractivity (Wildman–Crippen MR) is 43.3 cm³/mol. The van der Waals surface area contributed by atoms with Crippen molar-refractivity contribution in [1.82, 2.24) is 0 Å².